The molecule has 8 nitrogen and oxygen atoms in total. The van der Waals surface area contributed by atoms with Crippen molar-refractivity contribution in [3.63, 3.8) is 0 Å². The molecular formula is C27H53F6N3O5. The van der Waals surface area contributed by atoms with Crippen LogP contribution < -0.4 is 16.4 Å². The molecule has 0 aromatic carbocycles. The van der Waals surface area contributed by atoms with E-state index in [0.717, 1.165) is 13.8 Å². The Labute approximate surface area is 241 Å². The van der Waals surface area contributed by atoms with Gasteiger partial charge < -0.3 is 30.9 Å². The third kappa shape index (κ3) is 25.5. The second kappa shape index (κ2) is 18.6. The summed E-state index contributed by atoms with van der Waals surface area (Å²) in [6.07, 6.45) is -7.64. The number of ether oxygens (including phenoxy) is 2. The average Bonchev–Trinajstić information content (AvgIpc) is 2.71. The molecule has 0 rings (SSSR count). The number of rotatable bonds is 10. The van der Waals surface area contributed by atoms with Gasteiger partial charge in [0.15, 0.2) is 0 Å². The standard InChI is InChI=1S/C14H26F3NO2.C7H16N2O2.C6H11F3O/c1-12(2,3)20-11(19)18-10-8-6-7-9-13(4,5)14(15,16)17;1-7(2,3)11-6(10)9-5-4-8;1-5(2,3-4-10)6(7,8)9/h6-10H2,1-5H3,(H,18,19);4-5,8H2,1-3H3,(H,9,10);10H,3-4H2,1-2H3. The molecule has 2 amide bonds. The van der Waals surface area contributed by atoms with Crippen LogP contribution >= 0.6 is 0 Å². The largest absolute Gasteiger partial charge is 0.444 e. The molecule has 0 bridgehead atoms. The van der Waals surface area contributed by atoms with E-state index >= 15 is 0 Å². The minimum absolute atomic E-state index is 0.100. The van der Waals surface area contributed by atoms with Crippen LogP contribution in [0.25, 0.3) is 0 Å². The van der Waals surface area contributed by atoms with Gasteiger partial charge in [-0.15, -0.1) is 0 Å². The first-order valence-electron chi connectivity index (χ1n) is 13.5. The summed E-state index contributed by atoms with van der Waals surface area (Å²) in [4.78, 5) is 22.1. The number of amides is 2. The number of alkyl halides is 6. The van der Waals surface area contributed by atoms with Crippen LogP contribution in [0.4, 0.5) is 35.9 Å². The SMILES string of the molecule is CC(C)(C)OC(=O)NCCCCCC(C)(C)C(F)(F)F.CC(C)(C)OC(=O)NCCN.CC(C)(CCO)C(F)(F)F. The van der Waals surface area contributed by atoms with E-state index in [1.54, 1.807) is 20.8 Å². The van der Waals surface area contributed by atoms with E-state index in [9.17, 15) is 35.9 Å². The zero-order valence-corrected chi connectivity index (χ0v) is 26.3. The molecule has 0 saturated carbocycles. The summed E-state index contributed by atoms with van der Waals surface area (Å²) < 4.78 is 83.5. The van der Waals surface area contributed by atoms with Crippen LogP contribution in [0.3, 0.4) is 0 Å². The van der Waals surface area contributed by atoms with Crippen LogP contribution in [0.1, 0.15) is 101 Å². The highest BCUT2D eigenvalue weighted by atomic mass is 19.4. The number of carbonyl (C=O) groups is 2. The van der Waals surface area contributed by atoms with Gasteiger partial charge in [0.2, 0.25) is 0 Å². The number of carbonyl (C=O) groups excluding carboxylic acids is 2. The number of unbranched alkanes of at least 4 members (excludes halogenated alkanes) is 2. The van der Waals surface area contributed by atoms with Gasteiger partial charge in [-0.3, -0.25) is 0 Å². The van der Waals surface area contributed by atoms with Gasteiger partial charge in [-0.1, -0.05) is 40.5 Å². The first-order valence-corrected chi connectivity index (χ1v) is 13.5. The van der Waals surface area contributed by atoms with E-state index in [1.165, 1.54) is 13.8 Å². The first-order chi connectivity index (χ1) is 18.1. The summed E-state index contributed by atoms with van der Waals surface area (Å²) in [5.41, 5.74) is 0.788. The van der Waals surface area contributed by atoms with Crippen molar-refractivity contribution in [1.82, 2.24) is 10.6 Å². The van der Waals surface area contributed by atoms with Gasteiger partial charge in [-0.05, 0) is 60.8 Å². The molecule has 0 fully saturated rings. The van der Waals surface area contributed by atoms with Gasteiger partial charge in [-0.2, -0.15) is 26.3 Å². The third-order valence-electron chi connectivity index (χ3n) is 5.23. The number of aliphatic hydroxyl groups excluding tert-OH is 1. The zero-order chi connectivity index (χ0) is 33.3. The van der Waals surface area contributed by atoms with E-state index in [1.807, 2.05) is 20.8 Å². The van der Waals surface area contributed by atoms with Gasteiger partial charge >= 0.3 is 24.5 Å². The van der Waals surface area contributed by atoms with Crippen molar-refractivity contribution in [3.8, 4) is 0 Å². The smallest absolute Gasteiger partial charge is 0.407 e. The van der Waals surface area contributed by atoms with Crippen molar-refractivity contribution in [1.29, 1.82) is 0 Å². The monoisotopic (exact) mass is 613 g/mol. The van der Waals surface area contributed by atoms with Gasteiger partial charge in [0.1, 0.15) is 11.2 Å². The van der Waals surface area contributed by atoms with Crippen LogP contribution in [-0.2, 0) is 9.47 Å². The van der Waals surface area contributed by atoms with Crippen LogP contribution in [0.15, 0.2) is 0 Å². The molecule has 0 atom stereocenters. The summed E-state index contributed by atoms with van der Waals surface area (Å²) in [5, 5.41) is 13.4. The number of alkyl carbamates (subject to hydrolysis) is 2. The first kappa shape index (κ1) is 43.5. The quantitative estimate of drug-likeness (QED) is 0.154. The Hall–Kier alpha value is -1.96. The Morgan fingerprint density at radius 3 is 1.29 bits per heavy atom. The average molecular weight is 614 g/mol. The summed E-state index contributed by atoms with van der Waals surface area (Å²) in [7, 11) is 0. The van der Waals surface area contributed by atoms with E-state index in [-0.39, 0.29) is 12.8 Å². The maximum absolute atomic E-state index is 12.6. The minimum Gasteiger partial charge on any atom is -0.444 e. The Kier molecular flexibility index (Phi) is 19.7. The Bertz CT molecular complexity index is 729. The number of hydrogen-bond donors (Lipinski definition) is 4. The number of aliphatic hydroxyl groups is 1. The molecule has 0 heterocycles. The molecule has 0 aliphatic heterocycles. The fraction of sp³-hybridized carbons (Fsp3) is 0.926. The molecule has 0 spiro atoms. The lowest BCUT2D eigenvalue weighted by molar-refractivity contribution is -0.215. The summed E-state index contributed by atoms with van der Waals surface area (Å²) in [6.45, 7) is 16.2. The van der Waals surface area contributed by atoms with E-state index in [4.69, 9.17) is 20.3 Å². The highest BCUT2D eigenvalue weighted by Gasteiger charge is 2.47. The molecule has 14 heteroatoms. The predicted molar refractivity (Wildman–Crippen MR) is 147 cm³/mol. The van der Waals surface area contributed by atoms with Crippen molar-refractivity contribution in [2.45, 2.75) is 125 Å². The van der Waals surface area contributed by atoms with E-state index < -0.39 is 53.2 Å². The second-order valence-corrected chi connectivity index (χ2v) is 12.7. The van der Waals surface area contributed by atoms with E-state index in [2.05, 4.69) is 10.6 Å². The fourth-order valence-corrected chi connectivity index (χ4v) is 2.42. The molecule has 0 unspecified atom stereocenters. The third-order valence-corrected chi connectivity index (χ3v) is 5.23. The Morgan fingerprint density at radius 2 is 1.00 bits per heavy atom. The van der Waals surface area contributed by atoms with Crippen LogP contribution in [0.5, 0.6) is 0 Å². The lowest BCUT2D eigenvalue weighted by atomic mass is 9.86. The molecule has 0 aromatic heterocycles. The summed E-state index contributed by atoms with van der Waals surface area (Å²) in [6, 6.07) is 0. The van der Waals surface area contributed by atoms with Gasteiger partial charge in [0, 0.05) is 26.2 Å². The maximum atomic E-state index is 12.6. The molecule has 0 aliphatic carbocycles. The van der Waals surface area contributed by atoms with Gasteiger partial charge in [0.05, 0.1) is 10.8 Å². The van der Waals surface area contributed by atoms with Crippen molar-refractivity contribution < 1.29 is 50.5 Å². The maximum Gasteiger partial charge on any atom is 0.407 e. The zero-order valence-electron chi connectivity index (χ0n) is 26.3. The van der Waals surface area contributed by atoms with Gasteiger partial charge in [-0.25, -0.2) is 9.59 Å². The Balaban J connectivity index is -0.000000581. The highest BCUT2D eigenvalue weighted by Crippen LogP contribution is 2.41. The minimum atomic E-state index is -4.21. The molecule has 248 valence electrons. The number of hydrogen-bond acceptors (Lipinski definition) is 6. The molecule has 0 aliphatic rings. The van der Waals surface area contributed by atoms with Crippen molar-refractivity contribution >= 4 is 12.2 Å². The van der Waals surface area contributed by atoms with Crippen LogP contribution in [0.2, 0.25) is 0 Å². The molecular weight excluding hydrogens is 560 g/mol. The molecule has 41 heavy (non-hydrogen) atoms. The molecule has 0 aromatic rings. The lowest BCUT2D eigenvalue weighted by Crippen LogP contribution is -2.35. The fourth-order valence-electron chi connectivity index (χ4n) is 2.42. The van der Waals surface area contributed by atoms with Crippen LogP contribution in [-0.4, -0.2) is 67.1 Å². The van der Waals surface area contributed by atoms with Crippen molar-refractivity contribution in [3.05, 3.63) is 0 Å². The Morgan fingerprint density at radius 1 is 0.634 bits per heavy atom. The summed E-state index contributed by atoms with van der Waals surface area (Å²) >= 11 is 0. The van der Waals surface area contributed by atoms with Crippen molar-refractivity contribution in [2.75, 3.05) is 26.2 Å². The lowest BCUT2D eigenvalue weighted by Gasteiger charge is -2.27. The normalized spacial score (nSPS) is 12.7. The number of nitrogens with one attached hydrogen (secondary N) is 2. The van der Waals surface area contributed by atoms with Crippen molar-refractivity contribution in [2.24, 2.45) is 16.6 Å². The van der Waals surface area contributed by atoms with Gasteiger partial charge in [0.25, 0.3) is 0 Å². The molecule has 5 N–H and O–H groups in total. The van der Waals surface area contributed by atoms with Crippen LogP contribution in [0, 0.1) is 10.8 Å². The molecule has 0 saturated heterocycles. The number of nitrogens with two attached hydrogens (primary N) is 1. The topological polar surface area (TPSA) is 123 Å². The molecule has 0 radical (unpaired) electrons. The van der Waals surface area contributed by atoms with E-state index in [0.29, 0.717) is 38.9 Å². The second-order valence-electron chi connectivity index (χ2n) is 12.7. The predicted octanol–water partition coefficient (Wildman–Crippen LogP) is 7.09. The number of halogens is 6. The highest BCUT2D eigenvalue weighted by molar-refractivity contribution is 5.67. The summed E-state index contributed by atoms with van der Waals surface area (Å²) in [5.74, 6) is 0.